The van der Waals surface area contributed by atoms with Crippen LogP contribution in [-0.2, 0) is 12.8 Å². The van der Waals surface area contributed by atoms with Crippen molar-refractivity contribution in [3.63, 3.8) is 0 Å². The maximum atomic E-state index is 13.3. The van der Waals surface area contributed by atoms with E-state index in [0.29, 0.717) is 36.3 Å². The highest BCUT2D eigenvalue weighted by atomic mass is 19.2. The van der Waals surface area contributed by atoms with E-state index in [0.717, 1.165) is 17.7 Å². The van der Waals surface area contributed by atoms with E-state index in [1.54, 1.807) is 18.2 Å². The van der Waals surface area contributed by atoms with Gasteiger partial charge in [0.15, 0.2) is 23.1 Å². The number of carboxylic acids is 1. The van der Waals surface area contributed by atoms with Crippen LogP contribution in [0.5, 0.6) is 11.5 Å². The summed E-state index contributed by atoms with van der Waals surface area (Å²) in [5.41, 5.74) is 1.65. The Kier molecular flexibility index (Phi) is 5.24. The summed E-state index contributed by atoms with van der Waals surface area (Å²) >= 11 is 0. The molecule has 0 aromatic heterocycles. The molecule has 1 aliphatic heterocycles. The van der Waals surface area contributed by atoms with Crippen molar-refractivity contribution in [3.8, 4) is 11.5 Å². The first-order valence-electron chi connectivity index (χ1n) is 9.39. The largest absolute Gasteiger partial charge is 0.478 e. The third-order valence-corrected chi connectivity index (χ3v) is 4.97. The molecule has 0 bridgehead atoms. The predicted octanol–water partition coefficient (Wildman–Crippen LogP) is 5.60. The van der Waals surface area contributed by atoms with Gasteiger partial charge in [0, 0.05) is 6.07 Å². The van der Waals surface area contributed by atoms with Crippen LogP contribution < -0.4 is 10.1 Å². The Morgan fingerprint density at radius 3 is 2.39 bits per heavy atom. The van der Waals surface area contributed by atoms with Gasteiger partial charge in [-0.1, -0.05) is 12.1 Å². The summed E-state index contributed by atoms with van der Waals surface area (Å²) in [7, 11) is 0. The molecule has 158 valence electrons. The van der Waals surface area contributed by atoms with Gasteiger partial charge in [-0.2, -0.15) is 0 Å². The van der Waals surface area contributed by atoms with Gasteiger partial charge in [-0.15, -0.1) is 0 Å². The van der Waals surface area contributed by atoms with Crippen molar-refractivity contribution in [1.82, 2.24) is 0 Å². The first-order chi connectivity index (χ1) is 14.8. The molecule has 2 N–H and O–H groups in total. The number of hydrogen-bond acceptors (Lipinski definition) is 5. The molecular formula is C22H16F2N2O5. The molecule has 9 heteroatoms. The molecule has 0 spiro atoms. The minimum atomic E-state index is -1.31. The van der Waals surface area contributed by atoms with Crippen LogP contribution >= 0.6 is 0 Å². The fourth-order valence-corrected chi connectivity index (χ4v) is 3.44. The van der Waals surface area contributed by atoms with Crippen LogP contribution in [0.25, 0.3) is 0 Å². The van der Waals surface area contributed by atoms with E-state index in [9.17, 15) is 28.8 Å². The molecule has 4 rings (SSSR count). The van der Waals surface area contributed by atoms with E-state index < -0.39 is 22.5 Å². The van der Waals surface area contributed by atoms with Gasteiger partial charge in [0.1, 0.15) is 0 Å². The molecule has 0 atom stereocenters. The second kappa shape index (κ2) is 8.02. The second-order valence-electron chi connectivity index (χ2n) is 7.09. The van der Waals surface area contributed by atoms with Crippen molar-refractivity contribution >= 4 is 23.0 Å². The van der Waals surface area contributed by atoms with E-state index in [1.807, 2.05) is 6.07 Å². The number of ether oxygens (including phenoxy) is 1. The number of anilines is 2. The first-order valence-corrected chi connectivity index (χ1v) is 9.39. The lowest BCUT2D eigenvalue weighted by molar-refractivity contribution is -0.384. The fraction of sp³-hybridized carbons (Fsp3) is 0.136. The number of carboxylic acid groups (broad SMARTS) is 1. The van der Waals surface area contributed by atoms with Gasteiger partial charge in [-0.3, -0.25) is 10.1 Å². The number of nitrogens with zero attached hydrogens (tertiary/aromatic N) is 1. The molecule has 0 amide bonds. The van der Waals surface area contributed by atoms with E-state index in [2.05, 4.69) is 5.32 Å². The second-order valence-corrected chi connectivity index (χ2v) is 7.09. The van der Waals surface area contributed by atoms with Gasteiger partial charge in [0.2, 0.25) is 0 Å². The number of hydrogen-bond donors (Lipinski definition) is 2. The van der Waals surface area contributed by atoms with Crippen LogP contribution in [0.2, 0.25) is 0 Å². The number of fused-ring (bicyclic) bond motifs is 2. The lowest BCUT2D eigenvalue weighted by Gasteiger charge is -2.23. The van der Waals surface area contributed by atoms with E-state index in [4.69, 9.17) is 4.74 Å². The number of halogens is 2. The molecule has 0 aliphatic carbocycles. The smallest absolute Gasteiger partial charge is 0.338 e. The zero-order valence-corrected chi connectivity index (χ0v) is 16.0. The van der Waals surface area contributed by atoms with E-state index >= 15 is 0 Å². The standard InChI is InChI=1S/C22H16F2N2O5/c23-16-6-4-12(8-17(16)24)2-1-3-13-5-7-18-19(9-13)31-20-11-14(26(29)30)10-15(22(27)28)21(20)25-18/h4-11,25H,1-3H2,(H,27,28). The van der Waals surface area contributed by atoms with Gasteiger partial charge in [-0.25, -0.2) is 13.6 Å². The molecule has 0 fully saturated rings. The van der Waals surface area contributed by atoms with Crippen LogP contribution in [-0.4, -0.2) is 16.0 Å². The van der Waals surface area contributed by atoms with Gasteiger partial charge in [-0.05, 0) is 54.7 Å². The zero-order chi connectivity index (χ0) is 22.1. The molecule has 0 radical (unpaired) electrons. The Hall–Kier alpha value is -4.01. The lowest BCUT2D eigenvalue weighted by Crippen LogP contribution is -2.10. The molecule has 1 heterocycles. The Labute approximate surface area is 175 Å². The van der Waals surface area contributed by atoms with E-state index in [-0.39, 0.29) is 22.7 Å². The molecule has 7 nitrogen and oxygen atoms in total. The highest BCUT2D eigenvalue weighted by Crippen LogP contribution is 2.45. The topological polar surface area (TPSA) is 102 Å². The maximum absolute atomic E-state index is 13.3. The Morgan fingerprint density at radius 1 is 1.00 bits per heavy atom. The third kappa shape index (κ3) is 4.16. The van der Waals surface area contributed by atoms with Crippen LogP contribution in [0.3, 0.4) is 0 Å². The van der Waals surface area contributed by atoms with Crippen LogP contribution in [0.15, 0.2) is 48.5 Å². The Morgan fingerprint density at radius 2 is 1.71 bits per heavy atom. The van der Waals surface area contributed by atoms with Crippen molar-refractivity contribution in [2.45, 2.75) is 19.3 Å². The van der Waals surface area contributed by atoms with Crippen molar-refractivity contribution in [1.29, 1.82) is 0 Å². The number of non-ortho nitro benzene ring substituents is 1. The Bertz CT molecular complexity index is 1210. The van der Waals surface area contributed by atoms with Crippen LogP contribution in [0.1, 0.15) is 27.9 Å². The summed E-state index contributed by atoms with van der Waals surface area (Å²) in [6, 6.07) is 11.3. The predicted molar refractivity (Wildman–Crippen MR) is 108 cm³/mol. The molecule has 3 aromatic rings. The minimum Gasteiger partial charge on any atom is -0.478 e. The number of rotatable bonds is 6. The Balaban J connectivity index is 1.52. The summed E-state index contributed by atoms with van der Waals surface area (Å²) in [4.78, 5) is 22.0. The molecule has 0 saturated heterocycles. The number of aromatic carboxylic acids is 1. The number of benzene rings is 3. The van der Waals surface area contributed by atoms with Gasteiger partial charge < -0.3 is 15.2 Å². The highest BCUT2D eigenvalue weighted by Gasteiger charge is 2.26. The number of nitrogens with one attached hydrogen (secondary N) is 1. The number of carbonyl (C=O) groups is 1. The summed E-state index contributed by atoms with van der Waals surface area (Å²) in [6.07, 6.45) is 1.88. The molecular weight excluding hydrogens is 410 g/mol. The zero-order valence-electron chi connectivity index (χ0n) is 16.0. The van der Waals surface area contributed by atoms with Crippen molar-refractivity contribution in [2.24, 2.45) is 0 Å². The summed E-state index contributed by atoms with van der Waals surface area (Å²) in [5.74, 6) is -2.60. The maximum Gasteiger partial charge on any atom is 0.338 e. The van der Waals surface area contributed by atoms with Crippen LogP contribution in [0.4, 0.5) is 25.8 Å². The lowest BCUT2D eigenvalue weighted by atomic mass is 10.0. The first kappa shape index (κ1) is 20.3. The normalized spacial score (nSPS) is 11.7. The highest BCUT2D eigenvalue weighted by molar-refractivity contribution is 5.99. The quantitative estimate of drug-likeness (QED) is 0.308. The molecule has 3 aromatic carbocycles. The van der Waals surface area contributed by atoms with Crippen molar-refractivity contribution in [3.05, 3.63) is 87.0 Å². The van der Waals surface area contributed by atoms with Crippen LogP contribution in [0, 0.1) is 21.7 Å². The fourth-order valence-electron chi connectivity index (χ4n) is 3.44. The SMILES string of the molecule is O=C(O)c1cc([N+](=O)[O-])cc2c1Nc1ccc(CCCc3ccc(F)c(F)c3)cc1O2. The molecule has 1 aliphatic rings. The molecule has 0 saturated carbocycles. The number of nitro benzene ring substituents is 1. The number of aryl methyl sites for hydroxylation is 2. The molecule has 31 heavy (non-hydrogen) atoms. The van der Waals surface area contributed by atoms with Gasteiger partial charge >= 0.3 is 5.97 Å². The summed E-state index contributed by atoms with van der Waals surface area (Å²) in [5, 5.41) is 23.5. The average molecular weight is 426 g/mol. The van der Waals surface area contributed by atoms with E-state index in [1.165, 1.54) is 12.1 Å². The molecule has 0 unspecified atom stereocenters. The third-order valence-electron chi connectivity index (χ3n) is 4.97. The average Bonchev–Trinajstić information content (AvgIpc) is 2.73. The van der Waals surface area contributed by atoms with Gasteiger partial charge in [0.05, 0.1) is 27.9 Å². The number of nitro groups is 1. The summed E-state index contributed by atoms with van der Waals surface area (Å²) < 4.78 is 32.1. The monoisotopic (exact) mass is 426 g/mol. The minimum absolute atomic E-state index is 0.0537. The summed E-state index contributed by atoms with van der Waals surface area (Å²) in [6.45, 7) is 0. The van der Waals surface area contributed by atoms with Gasteiger partial charge in [0.25, 0.3) is 5.69 Å². The van der Waals surface area contributed by atoms with Crippen molar-refractivity contribution in [2.75, 3.05) is 5.32 Å². The van der Waals surface area contributed by atoms with Crippen molar-refractivity contribution < 1.29 is 28.3 Å².